The zero-order chi connectivity index (χ0) is 17.0. The summed E-state index contributed by atoms with van der Waals surface area (Å²) in [5.74, 6) is -0.148. The topological polar surface area (TPSA) is 49.4 Å². The maximum Gasteiger partial charge on any atom is 0.240 e. The third-order valence-electron chi connectivity index (χ3n) is 4.63. The molecule has 1 aliphatic carbocycles. The van der Waals surface area contributed by atoms with Gasteiger partial charge in [0.1, 0.15) is 5.41 Å². The van der Waals surface area contributed by atoms with Gasteiger partial charge >= 0.3 is 0 Å². The first-order chi connectivity index (χ1) is 10.9. The minimum atomic E-state index is -0.830. The summed E-state index contributed by atoms with van der Waals surface area (Å²) in [6.07, 6.45) is 3.15. The van der Waals surface area contributed by atoms with Crippen molar-refractivity contribution >= 4 is 17.5 Å². The van der Waals surface area contributed by atoms with E-state index in [4.69, 9.17) is 0 Å². The number of hydrogen-bond acceptors (Lipinski definition) is 2. The first-order valence-corrected chi connectivity index (χ1v) is 8.62. The Balaban J connectivity index is 2.10. The maximum atomic E-state index is 12.8. The molecule has 0 heterocycles. The quantitative estimate of drug-likeness (QED) is 0.780. The molecule has 2 amide bonds. The van der Waals surface area contributed by atoms with E-state index in [-0.39, 0.29) is 11.8 Å². The van der Waals surface area contributed by atoms with Gasteiger partial charge in [-0.1, -0.05) is 19.9 Å². The van der Waals surface area contributed by atoms with E-state index >= 15 is 0 Å². The molecule has 1 aromatic carbocycles. The van der Waals surface area contributed by atoms with Gasteiger partial charge in [0.2, 0.25) is 11.8 Å². The summed E-state index contributed by atoms with van der Waals surface area (Å²) in [6.45, 7) is 9.64. The van der Waals surface area contributed by atoms with E-state index in [1.807, 2.05) is 36.9 Å². The van der Waals surface area contributed by atoms with Crippen LogP contribution >= 0.6 is 0 Å². The van der Waals surface area contributed by atoms with Gasteiger partial charge in [-0.3, -0.25) is 9.59 Å². The van der Waals surface area contributed by atoms with Crippen molar-refractivity contribution in [2.24, 2.45) is 5.41 Å². The molecular weight excluding hydrogens is 288 g/mol. The molecule has 1 aromatic rings. The molecule has 4 nitrogen and oxygen atoms in total. The lowest BCUT2D eigenvalue weighted by molar-refractivity contribution is -0.142. The summed E-state index contributed by atoms with van der Waals surface area (Å²) < 4.78 is 0. The SMILES string of the molecule is CCCN(CCC)C(=O)C1(C(=O)Nc2ccc(C)c(C)c2)CC1. The zero-order valence-electron chi connectivity index (χ0n) is 14.7. The Morgan fingerprint density at radius 3 is 2.17 bits per heavy atom. The van der Waals surface area contributed by atoms with Crippen molar-refractivity contribution in [2.45, 2.75) is 53.4 Å². The number of hydrogen-bond donors (Lipinski definition) is 1. The van der Waals surface area contributed by atoms with Gasteiger partial charge in [-0.05, 0) is 62.8 Å². The van der Waals surface area contributed by atoms with E-state index < -0.39 is 5.41 Å². The summed E-state index contributed by atoms with van der Waals surface area (Å²) in [5, 5.41) is 2.95. The first-order valence-electron chi connectivity index (χ1n) is 8.62. The average Bonchev–Trinajstić information content (AvgIpc) is 3.32. The molecule has 0 saturated heterocycles. The summed E-state index contributed by atoms with van der Waals surface area (Å²) in [6, 6.07) is 5.85. The number of aryl methyl sites for hydroxylation is 2. The van der Waals surface area contributed by atoms with Gasteiger partial charge in [-0.15, -0.1) is 0 Å². The van der Waals surface area contributed by atoms with Crippen LogP contribution in [0.2, 0.25) is 0 Å². The number of anilines is 1. The van der Waals surface area contributed by atoms with Crippen molar-refractivity contribution in [3.05, 3.63) is 29.3 Å². The summed E-state index contributed by atoms with van der Waals surface area (Å²) >= 11 is 0. The molecule has 0 aromatic heterocycles. The zero-order valence-corrected chi connectivity index (χ0v) is 14.7. The number of nitrogens with zero attached hydrogens (tertiary/aromatic N) is 1. The second kappa shape index (κ2) is 7.16. The van der Waals surface area contributed by atoms with E-state index in [9.17, 15) is 9.59 Å². The van der Waals surface area contributed by atoms with Crippen LogP contribution in [0.25, 0.3) is 0 Å². The van der Waals surface area contributed by atoms with Crippen molar-refractivity contribution in [3.63, 3.8) is 0 Å². The second-order valence-electron chi connectivity index (χ2n) is 6.63. The minimum Gasteiger partial charge on any atom is -0.342 e. The highest BCUT2D eigenvalue weighted by atomic mass is 16.2. The molecule has 0 spiro atoms. The molecule has 0 unspecified atom stereocenters. The van der Waals surface area contributed by atoms with Crippen LogP contribution in [0.3, 0.4) is 0 Å². The fourth-order valence-corrected chi connectivity index (χ4v) is 2.89. The molecule has 0 atom stereocenters. The van der Waals surface area contributed by atoms with Crippen molar-refractivity contribution in [1.82, 2.24) is 4.90 Å². The van der Waals surface area contributed by atoms with Crippen LogP contribution in [0.15, 0.2) is 18.2 Å². The van der Waals surface area contributed by atoms with Gasteiger partial charge in [0, 0.05) is 18.8 Å². The van der Waals surface area contributed by atoms with Crippen molar-refractivity contribution in [1.29, 1.82) is 0 Å². The fraction of sp³-hybridized carbons (Fsp3) is 0.579. The smallest absolute Gasteiger partial charge is 0.240 e. The lowest BCUT2D eigenvalue weighted by Gasteiger charge is -2.26. The van der Waals surface area contributed by atoms with Gasteiger partial charge in [0.15, 0.2) is 0 Å². The van der Waals surface area contributed by atoms with Gasteiger partial charge in [-0.25, -0.2) is 0 Å². The number of carbonyl (C=O) groups is 2. The van der Waals surface area contributed by atoms with Crippen LogP contribution in [-0.4, -0.2) is 29.8 Å². The minimum absolute atomic E-state index is 0.00235. The van der Waals surface area contributed by atoms with Crippen molar-refractivity contribution in [3.8, 4) is 0 Å². The van der Waals surface area contributed by atoms with E-state index in [1.54, 1.807) is 0 Å². The molecule has 1 saturated carbocycles. The van der Waals surface area contributed by atoms with Crippen molar-refractivity contribution < 1.29 is 9.59 Å². The lowest BCUT2D eigenvalue weighted by atomic mass is 10.0. The molecule has 0 bridgehead atoms. The first kappa shape index (κ1) is 17.5. The maximum absolute atomic E-state index is 12.8. The van der Waals surface area contributed by atoms with E-state index in [2.05, 4.69) is 19.2 Å². The fourth-order valence-electron chi connectivity index (χ4n) is 2.89. The Kier molecular flexibility index (Phi) is 5.45. The van der Waals surface area contributed by atoms with Crippen molar-refractivity contribution in [2.75, 3.05) is 18.4 Å². The molecular formula is C19H28N2O2. The van der Waals surface area contributed by atoms with E-state index in [0.29, 0.717) is 12.8 Å². The molecule has 126 valence electrons. The van der Waals surface area contributed by atoms with Gasteiger partial charge in [0.05, 0.1) is 0 Å². The predicted octanol–water partition coefficient (Wildman–Crippen LogP) is 3.67. The second-order valence-corrected chi connectivity index (χ2v) is 6.63. The number of amides is 2. The average molecular weight is 316 g/mol. The molecule has 2 rings (SSSR count). The van der Waals surface area contributed by atoms with E-state index in [1.165, 1.54) is 5.56 Å². The third-order valence-corrected chi connectivity index (χ3v) is 4.63. The number of carbonyl (C=O) groups excluding carboxylic acids is 2. The molecule has 0 radical (unpaired) electrons. The molecule has 23 heavy (non-hydrogen) atoms. The van der Waals surface area contributed by atoms with E-state index in [0.717, 1.165) is 37.2 Å². The number of nitrogens with one attached hydrogen (secondary N) is 1. The Bertz CT molecular complexity index is 585. The summed E-state index contributed by atoms with van der Waals surface area (Å²) in [4.78, 5) is 27.4. The summed E-state index contributed by atoms with van der Waals surface area (Å²) in [7, 11) is 0. The Hall–Kier alpha value is -1.84. The lowest BCUT2D eigenvalue weighted by Crippen LogP contribution is -2.43. The number of rotatable bonds is 7. The highest BCUT2D eigenvalue weighted by molar-refractivity contribution is 6.13. The highest BCUT2D eigenvalue weighted by Gasteiger charge is 2.57. The summed E-state index contributed by atoms with van der Waals surface area (Å²) in [5.41, 5.74) is 2.27. The van der Waals surface area contributed by atoms with Crippen LogP contribution in [0.1, 0.15) is 50.7 Å². The molecule has 4 heteroatoms. The van der Waals surface area contributed by atoms with Crippen LogP contribution in [0.4, 0.5) is 5.69 Å². The predicted molar refractivity (Wildman–Crippen MR) is 93.4 cm³/mol. The van der Waals surface area contributed by atoms with Gasteiger partial charge < -0.3 is 10.2 Å². The van der Waals surface area contributed by atoms with Gasteiger partial charge in [0.25, 0.3) is 0 Å². The van der Waals surface area contributed by atoms with Crippen LogP contribution in [-0.2, 0) is 9.59 Å². The van der Waals surface area contributed by atoms with Crippen LogP contribution < -0.4 is 5.32 Å². The Morgan fingerprint density at radius 2 is 1.70 bits per heavy atom. The molecule has 1 aliphatic rings. The standard InChI is InChI=1S/C19H28N2O2/c1-5-11-21(12-6-2)18(23)19(9-10-19)17(22)20-16-8-7-14(3)15(4)13-16/h7-8,13H,5-6,9-12H2,1-4H3,(H,20,22). The highest BCUT2D eigenvalue weighted by Crippen LogP contribution is 2.48. The van der Waals surface area contributed by atoms with Crippen LogP contribution in [0.5, 0.6) is 0 Å². The monoisotopic (exact) mass is 316 g/mol. The molecule has 1 N–H and O–H groups in total. The normalized spacial score (nSPS) is 15.1. The molecule has 0 aliphatic heterocycles. The molecule has 1 fully saturated rings. The van der Waals surface area contributed by atoms with Gasteiger partial charge in [-0.2, -0.15) is 0 Å². The third kappa shape index (κ3) is 3.74. The Labute approximate surface area is 139 Å². The Morgan fingerprint density at radius 1 is 1.09 bits per heavy atom. The number of benzene rings is 1. The largest absolute Gasteiger partial charge is 0.342 e. The van der Waals surface area contributed by atoms with Crippen LogP contribution in [0, 0.1) is 19.3 Å².